The van der Waals surface area contributed by atoms with Crippen molar-refractivity contribution in [2.24, 2.45) is 5.73 Å². The van der Waals surface area contributed by atoms with E-state index in [1.54, 1.807) is 0 Å². The third-order valence-electron chi connectivity index (χ3n) is 2.93. The Morgan fingerprint density at radius 2 is 2.07 bits per heavy atom. The predicted octanol–water partition coefficient (Wildman–Crippen LogP) is -1.22. The summed E-state index contributed by atoms with van der Waals surface area (Å²) in [6, 6.07) is -0.0880. The predicted molar refractivity (Wildman–Crippen MR) is 51.4 cm³/mol. The fourth-order valence-electron chi connectivity index (χ4n) is 1.89. The highest BCUT2D eigenvalue weighted by Gasteiger charge is 2.50. The minimum absolute atomic E-state index is 0.0880. The van der Waals surface area contributed by atoms with Crippen molar-refractivity contribution in [1.29, 1.82) is 0 Å². The van der Waals surface area contributed by atoms with Gasteiger partial charge in [-0.1, -0.05) is 0 Å². The first-order valence-electron chi connectivity index (χ1n) is 4.72. The highest BCUT2D eigenvalue weighted by molar-refractivity contribution is 7.91. The summed E-state index contributed by atoms with van der Waals surface area (Å²) in [5.41, 5.74) is 4.63. The lowest BCUT2D eigenvalue weighted by Crippen LogP contribution is -2.49. The molecule has 80 valence electrons. The zero-order valence-corrected chi connectivity index (χ0v) is 8.64. The molecule has 1 heterocycles. The van der Waals surface area contributed by atoms with E-state index in [1.807, 2.05) is 0 Å². The summed E-state index contributed by atoms with van der Waals surface area (Å²) in [7, 11) is -2.88. The van der Waals surface area contributed by atoms with Crippen LogP contribution in [0.3, 0.4) is 0 Å². The molecule has 1 aliphatic carbocycles. The van der Waals surface area contributed by atoms with Gasteiger partial charge in [-0.3, -0.25) is 10.1 Å². The van der Waals surface area contributed by atoms with E-state index in [2.05, 4.69) is 5.32 Å². The van der Waals surface area contributed by atoms with Gasteiger partial charge in [0.2, 0.25) is 5.91 Å². The van der Waals surface area contributed by atoms with Crippen LogP contribution in [0.1, 0.15) is 19.3 Å². The van der Waals surface area contributed by atoms with Crippen LogP contribution in [0.2, 0.25) is 0 Å². The highest BCUT2D eigenvalue weighted by atomic mass is 32.2. The molecule has 0 radical (unpaired) electrons. The van der Waals surface area contributed by atoms with Crippen molar-refractivity contribution in [3.8, 4) is 0 Å². The van der Waals surface area contributed by atoms with Crippen molar-refractivity contribution < 1.29 is 13.2 Å². The molecule has 0 aromatic carbocycles. The van der Waals surface area contributed by atoms with Crippen LogP contribution in [0.5, 0.6) is 0 Å². The average Bonchev–Trinajstić information content (AvgIpc) is 2.74. The maximum atomic E-state index is 11.2. The SMILES string of the molecule is NC(=O)C1(NC2CCS(=O)(=O)C2)CC1. The topological polar surface area (TPSA) is 89.3 Å². The number of carbonyl (C=O) groups is 1. The molecular formula is C8H14N2O3S. The molecule has 6 heteroatoms. The number of hydrogen-bond acceptors (Lipinski definition) is 4. The van der Waals surface area contributed by atoms with Gasteiger partial charge in [-0.25, -0.2) is 8.42 Å². The number of rotatable bonds is 3. The van der Waals surface area contributed by atoms with E-state index < -0.39 is 15.4 Å². The van der Waals surface area contributed by atoms with Crippen LogP contribution in [0.15, 0.2) is 0 Å². The van der Waals surface area contributed by atoms with E-state index in [4.69, 9.17) is 5.73 Å². The lowest BCUT2D eigenvalue weighted by Gasteiger charge is -2.17. The number of nitrogens with one attached hydrogen (secondary N) is 1. The van der Waals surface area contributed by atoms with E-state index in [0.717, 1.165) is 12.8 Å². The van der Waals surface area contributed by atoms with E-state index in [-0.39, 0.29) is 23.5 Å². The van der Waals surface area contributed by atoms with E-state index in [0.29, 0.717) is 6.42 Å². The quantitative estimate of drug-likeness (QED) is 0.621. The fraction of sp³-hybridized carbons (Fsp3) is 0.875. The maximum absolute atomic E-state index is 11.2. The number of carbonyl (C=O) groups excluding carboxylic acids is 1. The zero-order chi connectivity index (χ0) is 10.4. The van der Waals surface area contributed by atoms with Gasteiger partial charge in [-0.2, -0.15) is 0 Å². The zero-order valence-electron chi connectivity index (χ0n) is 7.82. The molecule has 2 rings (SSSR count). The van der Waals surface area contributed by atoms with Gasteiger partial charge < -0.3 is 5.73 Å². The smallest absolute Gasteiger partial charge is 0.237 e. The van der Waals surface area contributed by atoms with Crippen molar-refractivity contribution in [2.45, 2.75) is 30.8 Å². The molecule has 1 saturated carbocycles. The molecule has 1 saturated heterocycles. The van der Waals surface area contributed by atoms with Crippen LogP contribution >= 0.6 is 0 Å². The first-order chi connectivity index (χ1) is 6.44. The minimum atomic E-state index is -2.88. The van der Waals surface area contributed by atoms with Gasteiger partial charge in [0.1, 0.15) is 0 Å². The summed E-state index contributed by atoms with van der Waals surface area (Å²) in [5.74, 6) is 0.00319. The Balaban J connectivity index is 1.97. The normalized spacial score (nSPS) is 32.7. The number of nitrogens with two attached hydrogens (primary N) is 1. The summed E-state index contributed by atoms with van der Waals surface area (Å²) in [6.45, 7) is 0. The molecule has 0 aromatic rings. The second-order valence-electron chi connectivity index (χ2n) is 4.19. The van der Waals surface area contributed by atoms with Crippen LogP contribution < -0.4 is 11.1 Å². The van der Waals surface area contributed by atoms with Crippen LogP contribution in [-0.4, -0.2) is 37.4 Å². The molecule has 1 amide bonds. The number of amides is 1. The first-order valence-corrected chi connectivity index (χ1v) is 6.54. The largest absolute Gasteiger partial charge is 0.368 e. The third kappa shape index (κ3) is 1.76. The molecule has 0 bridgehead atoms. The summed E-state index contributed by atoms with van der Waals surface area (Å²) in [4.78, 5) is 11.0. The summed E-state index contributed by atoms with van der Waals surface area (Å²) >= 11 is 0. The van der Waals surface area contributed by atoms with E-state index in [1.165, 1.54) is 0 Å². The Bertz CT molecular complexity index is 359. The Hall–Kier alpha value is -0.620. The van der Waals surface area contributed by atoms with E-state index in [9.17, 15) is 13.2 Å². The van der Waals surface area contributed by atoms with Crippen LogP contribution in [0.4, 0.5) is 0 Å². The van der Waals surface area contributed by atoms with Gasteiger partial charge >= 0.3 is 0 Å². The highest BCUT2D eigenvalue weighted by Crippen LogP contribution is 2.36. The molecule has 2 aliphatic rings. The van der Waals surface area contributed by atoms with Gasteiger partial charge in [0.15, 0.2) is 9.84 Å². The summed E-state index contributed by atoms with van der Waals surface area (Å²) in [5, 5.41) is 3.07. The molecule has 1 aliphatic heterocycles. The van der Waals surface area contributed by atoms with Crippen molar-refractivity contribution >= 4 is 15.7 Å². The van der Waals surface area contributed by atoms with E-state index >= 15 is 0 Å². The Labute approximate surface area is 83.0 Å². The van der Waals surface area contributed by atoms with Crippen LogP contribution in [0, 0.1) is 0 Å². The third-order valence-corrected chi connectivity index (χ3v) is 4.70. The molecular weight excluding hydrogens is 204 g/mol. The molecule has 0 spiro atoms. The monoisotopic (exact) mass is 218 g/mol. The van der Waals surface area contributed by atoms with Gasteiger partial charge in [-0.15, -0.1) is 0 Å². The Kier molecular flexibility index (Phi) is 2.08. The molecule has 2 fully saturated rings. The summed E-state index contributed by atoms with van der Waals surface area (Å²) < 4.78 is 22.3. The minimum Gasteiger partial charge on any atom is -0.368 e. The van der Waals surface area contributed by atoms with Gasteiger partial charge in [-0.05, 0) is 19.3 Å². The molecule has 3 N–H and O–H groups in total. The van der Waals surface area contributed by atoms with Crippen molar-refractivity contribution in [2.75, 3.05) is 11.5 Å². The first kappa shape index (κ1) is 9.92. The van der Waals surface area contributed by atoms with Crippen LogP contribution in [0.25, 0.3) is 0 Å². The second-order valence-corrected chi connectivity index (χ2v) is 6.42. The van der Waals surface area contributed by atoms with Crippen molar-refractivity contribution in [1.82, 2.24) is 5.32 Å². The van der Waals surface area contributed by atoms with Gasteiger partial charge in [0.05, 0.1) is 17.0 Å². The maximum Gasteiger partial charge on any atom is 0.237 e. The molecule has 5 nitrogen and oxygen atoms in total. The average molecular weight is 218 g/mol. The number of hydrogen-bond donors (Lipinski definition) is 2. The number of primary amides is 1. The standard InChI is InChI=1S/C8H14N2O3S/c9-7(11)8(2-3-8)10-6-1-4-14(12,13)5-6/h6,10H,1-5H2,(H2,9,11). The summed E-state index contributed by atoms with van der Waals surface area (Å²) in [6.07, 6.45) is 2.06. The fourth-order valence-corrected chi connectivity index (χ4v) is 3.56. The Morgan fingerprint density at radius 1 is 1.43 bits per heavy atom. The lowest BCUT2D eigenvalue weighted by atomic mass is 10.2. The lowest BCUT2D eigenvalue weighted by molar-refractivity contribution is -0.121. The van der Waals surface area contributed by atoms with Gasteiger partial charge in [0, 0.05) is 6.04 Å². The van der Waals surface area contributed by atoms with Crippen molar-refractivity contribution in [3.05, 3.63) is 0 Å². The number of sulfone groups is 1. The molecule has 0 aromatic heterocycles. The van der Waals surface area contributed by atoms with Gasteiger partial charge in [0.25, 0.3) is 0 Å². The van der Waals surface area contributed by atoms with Crippen LogP contribution in [-0.2, 0) is 14.6 Å². The Morgan fingerprint density at radius 3 is 2.43 bits per heavy atom. The van der Waals surface area contributed by atoms with Crippen molar-refractivity contribution in [3.63, 3.8) is 0 Å². The molecule has 14 heavy (non-hydrogen) atoms. The molecule has 1 atom stereocenters. The second kappa shape index (κ2) is 2.93. The molecule has 1 unspecified atom stereocenters.